The van der Waals surface area contributed by atoms with Gasteiger partial charge in [-0.3, -0.25) is 9.78 Å². The highest BCUT2D eigenvalue weighted by molar-refractivity contribution is 6.03. The molecule has 0 unspecified atom stereocenters. The lowest BCUT2D eigenvalue weighted by molar-refractivity contribution is -0.258. The number of pyridine rings is 1. The Kier molecular flexibility index (Phi) is 15.3. The average molecular weight is 878 g/mol. The number of amides is 1. The SMILES string of the molecule is C=CCO[C@@]12Oc3ccc(OCc4cccc(C)n4)cc3[C@H]3[C@H](CCCCO)[C@@H](CCCCO)C=C(C(=NOCC)C[C@@H]1N(Cc1ccc4c(c1)OCO4)C(=O)CCC1CCCC1)[C@H]32. The van der Waals surface area contributed by atoms with Crippen molar-refractivity contribution in [1.29, 1.82) is 0 Å². The zero-order valence-corrected chi connectivity index (χ0v) is 37.8. The molecule has 2 aromatic carbocycles. The molecule has 1 aromatic heterocycles. The topological polar surface area (TPSA) is 141 Å². The standard InChI is InChI=1S/C52H67N3O9/c1-4-27-62-52-48(55(49(58)24-20-36-14-6-7-15-36)32-37-19-22-46-47(28-37)61-34-60-46)31-44(54-63-5-2)42-29-38(16-8-10-25-56)41(18-9-11-26-57)50(51(42)52)43-30-40(21-23-45(43)64-52)59-33-39-17-12-13-35(3)53-39/h4,12-13,17,19,21-23,28-30,36,38,41,48,50-51,56-57H,1,5-11,14-16,18,20,24-27,31-34H2,2-3H3/t38-,41+,48-,50+,51+,52+/m0/s1. The van der Waals surface area contributed by atoms with Crippen molar-refractivity contribution < 1.29 is 43.5 Å². The van der Waals surface area contributed by atoms with Crippen LogP contribution < -0.4 is 18.9 Å². The normalized spacial score (nSPS) is 25.0. The summed E-state index contributed by atoms with van der Waals surface area (Å²) in [6, 6.07) is 17.3. The molecule has 3 heterocycles. The third-order valence-corrected chi connectivity index (χ3v) is 14.0. The van der Waals surface area contributed by atoms with Crippen LogP contribution in [0, 0.1) is 30.6 Å². The van der Waals surface area contributed by atoms with E-state index in [2.05, 4.69) is 23.7 Å². The van der Waals surface area contributed by atoms with E-state index < -0.39 is 17.7 Å². The van der Waals surface area contributed by atoms with Crippen molar-refractivity contribution in [3.8, 4) is 23.0 Å². The first-order valence-electron chi connectivity index (χ1n) is 23.8. The summed E-state index contributed by atoms with van der Waals surface area (Å²) in [6.45, 7) is 9.57. The molecule has 2 saturated carbocycles. The number of aromatic nitrogens is 1. The van der Waals surface area contributed by atoms with Crippen LogP contribution in [-0.2, 0) is 27.5 Å². The van der Waals surface area contributed by atoms with E-state index in [1.165, 1.54) is 12.8 Å². The van der Waals surface area contributed by atoms with Gasteiger partial charge in [0, 0.05) is 49.8 Å². The van der Waals surface area contributed by atoms with Crippen LogP contribution in [0.3, 0.4) is 0 Å². The zero-order valence-electron chi connectivity index (χ0n) is 37.8. The lowest BCUT2D eigenvalue weighted by Gasteiger charge is -2.60. The molecule has 0 bridgehead atoms. The maximum Gasteiger partial charge on any atom is 0.239 e. The summed E-state index contributed by atoms with van der Waals surface area (Å²) >= 11 is 0. The number of aryl methyl sites for hydroxylation is 1. The number of hydrogen-bond donors (Lipinski definition) is 2. The number of aliphatic hydroxyl groups excluding tert-OH is 2. The van der Waals surface area contributed by atoms with E-state index in [0.29, 0.717) is 74.4 Å². The number of carbonyl (C=O) groups excluding carboxylic acids is 1. The Balaban J connectivity index is 1.29. The first-order chi connectivity index (χ1) is 31.3. The van der Waals surface area contributed by atoms with Crippen molar-refractivity contribution in [1.82, 2.24) is 9.88 Å². The van der Waals surface area contributed by atoms with Gasteiger partial charge in [0.25, 0.3) is 0 Å². The van der Waals surface area contributed by atoms with Crippen molar-refractivity contribution in [2.45, 2.75) is 128 Å². The van der Waals surface area contributed by atoms with Gasteiger partial charge in [0.05, 0.1) is 23.9 Å². The Hall–Kier alpha value is -4.91. The molecular weight excluding hydrogens is 811 g/mol. The van der Waals surface area contributed by atoms with E-state index >= 15 is 4.79 Å². The third-order valence-electron chi connectivity index (χ3n) is 14.0. The third kappa shape index (κ3) is 9.99. The van der Waals surface area contributed by atoms with Gasteiger partial charge in [-0.25, -0.2) is 0 Å². The highest BCUT2D eigenvalue weighted by Crippen LogP contribution is 2.62. The molecule has 6 atom stereocenters. The van der Waals surface area contributed by atoms with Gasteiger partial charge in [0.1, 0.15) is 30.8 Å². The fourth-order valence-corrected chi connectivity index (χ4v) is 11.1. The molecule has 3 aromatic rings. The lowest BCUT2D eigenvalue weighted by Crippen LogP contribution is -2.70. The molecule has 3 aliphatic carbocycles. The van der Waals surface area contributed by atoms with Gasteiger partial charge >= 0.3 is 0 Å². The van der Waals surface area contributed by atoms with Crippen LogP contribution in [0.1, 0.15) is 119 Å². The molecule has 0 saturated heterocycles. The fraction of sp³-hybridized carbons (Fsp3) is 0.558. The smallest absolute Gasteiger partial charge is 0.239 e. The summed E-state index contributed by atoms with van der Waals surface area (Å²) in [6.07, 6.45) is 15.2. The van der Waals surface area contributed by atoms with E-state index in [1.807, 2.05) is 67.3 Å². The number of aliphatic hydroxyl groups is 2. The van der Waals surface area contributed by atoms with E-state index in [-0.39, 0.29) is 50.3 Å². The van der Waals surface area contributed by atoms with Crippen molar-refractivity contribution in [3.05, 3.63) is 101 Å². The van der Waals surface area contributed by atoms with E-state index in [1.54, 1.807) is 6.08 Å². The maximum absolute atomic E-state index is 15.2. The Labute approximate surface area is 378 Å². The number of benzene rings is 2. The van der Waals surface area contributed by atoms with Crippen LogP contribution in [-0.4, -0.2) is 76.8 Å². The van der Waals surface area contributed by atoms with E-state index in [0.717, 1.165) is 78.7 Å². The predicted molar refractivity (Wildman–Crippen MR) is 244 cm³/mol. The highest BCUT2D eigenvalue weighted by atomic mass is 16.7. The molecule has 2 aliphatic heterocycles. The van der Waals surface area contributed by atoms with Crippen molar-refractivity contribution >= 4 is 11.6 Å². The molecule has 5 aliphatic rings. The number of allylic oxidation sites excluding steroid dienone is 1. The van der Waals surface area contributed by atoms with E-state index in [4.69, 9.17) is 33.7 Å². The van der Waals surface area contributed by atoms with Gasteiger partial charge in [-0.1, -0.05) is 68.0 Å². The summed E-state index contributed by atoms with van der Waals surface area (Å²) in [5.41, 5.74) is 5.48. The Bertz CT molecular complexity index is 2130. The fourth-order valence-electron chi connectivity index (χ4n) is 11.1. The summed E-state index contributed by atoms with van der Waals surface area (Å²) in [5.74, 6) is 1.57. The van der Waals surface area contributed by atoms with Gasteiger partial charge in [0.2, 0.25) is 18.5 Å². The van der Waals surface area contributed by atoms with Gasteiger partial charge in [-0.15, -0.1) is 6.58 Å². The van der Waals surface area contributed by atoms with Crippen LogP contribution in [0.15, 0.2) is 84.1 Å². The number of ether oxygens (including phenoxy) is 5. The Morgan fingerprint density at radius 1 is 0.984 bits per heavy atom. The lowest BCUT2D eigenvalue weighted by atomic mass is 9.55. The minimum absolute atomic E-state index is 0.0379. The monoisotopic (exact) mass is 877 g/mol. The zero-order chi connectivity index (χ0) is 44.5. The quantitative estimate of drug-likeness (QED) is 0.0570. The van der Waals surface area contributed by atoms with Gasteiger partial charge in [-0.05, 0) is 117 Å². The summed E-state index contributed by atoms with van der Waals surface area (Å²) in [4.78, 5) is 27.9. The molecule has 12 nitrogen and oxygen atoms in total. The van der Waals surface area contributed by atoms with E-state index in [9.17, 15) is 10.2 Å². The molecule has 0 spiro atoms. The number of carbonyl (C=O) groups is 1. The van der Waals surface area contributed by atoms with Crippen LogP contribution in [0.25, 0.3) is 0 Å². The predicted octanol–water partition coefficient (Wildman–Crippen LogP) is 9.35. The van der Waals surface area contributed by atoms with Crippen LogP contribution in [0.4, 0.5) is 0 Å². The van der Waals surface area contributed by atoms with Gasteiger partial charge < -0.3 is 43.6 Å². The molecule has 2 N–H and O–H groups in total. The number of rotatable bonds is 22. The Morgan fingerprint density at radius 3 is 2.56 bits per heavy atom. The van der Waals surface area contributed by atoms with Crippen molar-refractivity contribution in [3.63, 3.8) is 0 Å². The largest absolute Gasteiger partial charge is 0.487 e. The molecule has 12 heteroatoms. The summed E-state index contributed by atoms with van der Waals surface area (Å²) in [5, 5.41) is 24.9. The van der Waals surface area contributed by atoms with Gasteiger partial charge in [-0.2, -0.15) is 0 Å². The van der Waals surface area contributed by atoms with Crippen LogP contribution >= 0.6 is 0 Å². The number of nitrogens with zero attached hydrogens (tertiary/aromatic N) is 3. The number of hydrogen-bond acceptors (Lipinski definition) is 11. The first kappa shape index (κ1) is 45.7. The minimum Gasteiger partial charge on any atom is -0.487 e. The maximum atomic E-state index is 15.2. The van der Waals surface area contributed by atoms with Crippen LogP contribution in [0.5, 0.6) is 23.0 Å². The number of unbranched alkanes of at least 4 members (excludes halogenated alkanes) is 2. The Morgan fingerprint density at radius 2 is 1.78 bits per heavy atom. The molecule has 8 rings (SSSR count). The molecule has 1 amide bonds. The van der Waals surface area contributed by atoms with Gasteiger partial charge in [0.15, 0.2) is 11.5 Å². The second-order valence-electron chi connectivity index (χ2n) is 18.1. The molecule has 64 heavy (non-hydrogen) atoms. The minimum atomic E-state index is -1.36. The molecule has 0 radical (unpaired) electrons. The second kappa shape index (κ2) is 21.4. The highest BCUT2D eigenvalue weighted by Gasteiger charge is 2.65. The average Bonchev–Trinajstić information content (AvgIpc) is 4.02. The van der Waals surface area contributed by atoms with Crippen LogP contribution in [0.2, 0.25) is 0 Å². The number of oxime groups is 1. The molecule has 344 valence electrons. The van der Waals surface area contributed by atoms with Crippen molar-refractivity contribution in [2.75, 3.05) is 33.2 Å². The second-order valence-corrected chi connectivity index (χ2v) is 18.1. The molecule has 2 fully saturated rings. The first-order valence-corrected chi connectivity index (χ1v) is 23.8. The summed E-state index contributed by atoms with van der Waals surface area (Å²) in [7, 11) is 0. The summed E-state index contributed by atoms with van der Waals surface area (Å²) < 4.78 is 32.7. The number of fused-ring (bicyclic) bond motifs is 3. The molecular formula is C52H67N3O9. The van der Waals surface area contributed by atoms with Crippen molar-refractivity contribution in [2.24, 2.45) is 28.8 Å².